The Morgan fingerprint density at radius 1 is 0.356 bits per heavy atom. The first kappa shape index (κ1) is 25.7. The molecule has 0 saturated carbocycles. The van der Waals surface area contributed by atoms with Crippen LogP contribution >= 0.6 is 11.6 Å². The molecule has 45 heavy (non-hydrogen) atoms. The number of nitrogens with zero attached hydrogens (tertiary/aromatic N) is 3. The Morgan fingerprint density at radius 3 is 1.36 bits per heavy atom. The van der Waals surface area contributed by atoms with Gasteiger partial charge in [0.25, 0.3) is 0 Å². The number of para-hydroxylation sites is 2. The van der Waals surface area contributed by atoms with Gasteiger partial charge in [0.2, 0.25) is 0 Å². The van der Waals surface area contributed by atoms with Gasteiger partial charge in [0, 0.05) is 43.3 Å². The molecule has 9 aromatic rings. The molecule has 0 N–H and O–H groups in total. The fraction of sp³-hybridized carbons (Fsp3) is 0. The highest BCUT2D eigenvalue weighted by atomic mass is 35.5. The predicted octanol–water partition coefficient (Wildman–Crippen LogP) is 11.0. The molecule has 0 aliphatic carbocycles. The Bertz CT molecular complexity index is 2450. The summed E-state index contributed by atoms with van der Waals surface area (Å²) in [4.78, 5) is 15.1. The summed E-state index contributed by atoms with van der Waals surface area (Å²) < 4.78 is 12.2. The van der Waals surface area contributed by atoms with Crippen LogP contribution in [-0.4, -0.2) is 15.0 Å². The Morgan fingerprint density at radius 2 is 0.800 bits per heavy atom. The van der Waals surface area contributed by atoms with Crippen molar-refractivity contribution < 1.29 is 8.83 Å². The standard InChI is InChI=1S/C39H22ClN3O2/c40-28-10-6-8-24(20-28)23-7-5-9-25(19-23)37-41-38(26-15-17-35-31(21-26)29-11-1-3-13-33(29)44-35)43-39(42-37)27-16-18-36-32(22-27)30-12-2-4-14-34(30)45-36/h1-22H. The molecule has 0 aliphatic rings. The van der Waals surface area contributed by atoms with Gasteiger partial charge in [-0.25, -0.2) is 15.0 Å². The summed E-state index contributed by atoms with van der Waals surface area (Å²) >= 11 is 6.32. The quantitative estimate of drug-likeness (QED) is 0.201. The van der Waals surface area contributed by atoms with Crippen molar-refractivity contribution >= 4 is 55.5 Å². The molecule has 6 aromatic carbocycles. The zero-order chi connectivity index (χ0) is 29.9. The van der Waals surface area contributed by atoms with Gasteiger partial charge in [0.1, 0.15) is 22.3 Å². The summed E-state index contributed by atoms with van der Waals surface area (Å²) in [5, 5.41) is 4.82. The molecular weight excluding hydrogens is 578 g/mol. The molecule has 0 aliphatic heterocycles. The van der Waals surface area contributed by atoms with Gasteiger partial charge in [0.15, 0.2) is 17.5 Å². The van der Waals surface area contributed by atoms with E-state index in [-0.39, 0.29) is 0 Å². The molecule has 0 spiro atoms. The van der Waals surface area contributed by atoms with Crippen LogP contribution in [0.25, 0.3) is 89.2 Å². The second-order valence-corrected chi connectivity index (χ2v) is 11.5. The Labute approximate surface area is 262 Å². The average Bonchev–Trinajstić information content (AvgIpc) is 3.66. The van der Waals surface area contributed by atoms with Crippen molar-refractivity contribution in [3.63, 3.8) is 0 Å². The minimum absolute atomic E-state index is 0.576. The predicted molar refractivity (Wildman–Crippen MR) is 181 cm³/mol. The highest BCUT2D eigenvalue weighted by Gasteiger charge is 2.16. The van der Waals surface area contributed by atoms with Crippen LogP contribution in [0.3, 0.4) is 0 Å². The first-order chi connectivity index (χ1) is 22.2. The number of aromatic nitrogens is 3. The van der Waals surface area contributed by atoms with E-state index in [2.05, 4.69) is 36.4 Å². The van der Waals surface area contributed by atoms with Crippen molar-refractivity contribution in [2.75, 3.05) is 0 Å². The summed E-state index contributed by atoms with van der Waals surface area (Å²) in [7, 11) is 0. The second kappa shape index (κ2) is 10.2. The van der Waals surface area contributed by atoms with Gasteiger partial charge < -0.3 is 8.83 Å². The largest absolute Gasteiger partial charge is 0.456 e. The van der Waals surface area contributed by atoms with Crippen LogP contribution in [0.15, 0.2) is 142 Å². The van der Waals surface area contributed by atoms with Crippen molar-refractivity contribution in [2.45, 2.75) is 0 Å². The molecule has 212 valence electrons. The van der Waals surface area contributed by atoms with E-state index in [1.165, 1.54) is 0 Å². The summed E-state index contributed by atoms with van der Waals surface area (Å²) in [6.45, 7) is 0. The lowest BCUT2D eigenvalue weighted by Crippen LogP contribution is -2.00. The monoisotopic (exact) mass is 599 g/mol. The maximum atomic E-state index is 6.32. The van der Waals surface area contributed by atoms with Crippen LogP contribution in [0.4, 0.5) is 0 Å². The normalized spacial score (nSPS) is 11.7. The lowest BCUT2D eigenvalue weighted by Gasteiger charge is -2.10. The lowest BCUT2D eigenvalue weighted by molar-refractivity contribution is 0.668. The fourth-order valence-corrected chi connectivity index (χ4v) is 6.19. The maximum absolute atomic E-state index is 6.32. The number of halogens is 1. The van der Waals surface area contributed by atoms with Gasteiger partial charge in [-0.3, -0.25) is 0 Å². The molecule has 0 unspecified atom stereocenters. The molecule has 9 rings (SSSR count). The molecular formula is C39H22ClN3O2. The van der Waals surface area contributed by atoms with Crippen LogP contribution in [0.1, 0.15) is 0 Å². The first-order valence-electron chi connectivity index (χ1n) is 14.6. The number of hydrogen-bond acceptors (Lipinski definition) is 5. The molecule has 0 amide bonds. The zero-order valence-electron chi connectivity index (χ0n) is 23.7. The minimum Gasteiger partial charge on any atom is -0.456 e. The van der Waals surface area contributed by atoms with Crippen molar-refractivity contribution in [2.24, 2.45) is 0 Å². The van der Waals surface area contributed by atoms with Crippen molar-refractivity contribution in [1.82, 2.24) is 15.0 Å². The van der Waals surface area contributed by atoms with Crippen molar-refractivity contribution in [3.8, 4) is 45.3 Å². The van der Waals surface area contributed by atoms with Gasteiger partial charge in [0.05, 0.1) is 0 Å². The van der Waals surface area contributed by atoms with E-state index in [0.29, 0.717) is 22.5 Å². The summed E-state index contributed by atoms with van der Waals surface area (Å²) in [6.07, 6.45) is 0. The molecule has 0 atom stereocenters. The zero-order valence-corrected chi connectivity index (χ0v) is 24.5. The average molecular weight is 600 g/mol. The van der Waals surface area contributed by atoms with E-state index in [0.717, 1.165) is 71.7 Å². The van der Waals surface area contributed by atoms with Crippen LogP contribution in [0.5, 0.6) is 0 Å². The summed E-state index contributed by atoms with van der Waals surface area (Å²) in [5.74, 6) is 1.73. The number of furan rings is 2. The highest BCUT2D eigenvalue weighted by Crippen LogP contribution is 2.35. The van der Waals surface area contributed by atoms with E-state index in [1.807, 2.05) is 97.1 Å². The molecule has 6 heteroatoms. The molecule has 0 fully saturated rings. The van der Waals surface area contributed by atoms with E-state index >= 15 is 0 Å². The molecule has 0 bridgehead atoms. The SMILES string of the molecule is Clc1cccc(-c2cccc(-c3nc(-c4ccc5oc6ccccc6c5c4)nc(-c4ccc5oc6ccccc6c5c4)n3)c2)c1. The van der Waals surface area contributed by atoms with E-state index < -0.39 is 0 Å². The van der Waals surface area contributed by atoms with Crippen LogP contribution in [0.2, 0.25) is 5.02 Å². The molecule has 0 radical (unpaired) electrons. The first-order valence-corrected chi connectivity index (χ1v) is 15.0. The number of fused-ring (bicyclic) bond motifs is 6. The Kier molecular flexibility index (Phi) is 5.80. The molecule has 3 aromatic heterocycles. The second-order valence-electron chi connectivity index (χ2n) is 11.0. The fourth-order valence-electron chi connectivity index (χ4n) is 6.00. The van der Waals surface area contributed by atoms with Crippen LogP contribution in [0, 0.1) is 0 Å². The number of hydrogen-bond donors (Lipinski definition) is 0. The van der Waals surface area contributed by atoms with Gasteiger partial charge in [-0.2, -0.15) is 0 Å². The maximum Gasteiger partial charge on any atom is 0.164 e. The molecule has 5 nitrogen and oxygen atoms in total. The number of benzene rings is 6. The topological polar surface area (TPSA) is 65.0 Å². The summed E-state index contributed by atoms with van der Waals surface area (Å²) in [5.41, 5.74) is 8.01. The van der Waals surface area contributed by atoms with Crippen molar-refractivity contribution in [1.29, 1.82) is 0 Å². The smallest absolute Gasteiger partial charge is 0.164 e. The third-order valence-corrected chi connectivity index (χ3v) is 8.42. The Balaban J connectivity index is 1.25. The Hall–Kier alpha value is -5.78. The van der Waals surface area contributed by atoms with Gasteiger partial charge in [-0.1, -0.05) is 78.3 Å². The lowest BCUT2D eigenvalue weighted by atomic mass is 10.0. The van der Waals surface area contributed by atoms with Gasteiger partial charge >= 0.3 is 0 Å². The molecule has 0 saturated heterocycles. The van der Waals surface area contributed by atoms with E-state index in [1.54, 1.807) is 0 Å². The molecule has 3 heterocycles. The summed E-state index contributed by atoms with van der Waals surface area (Å²) in [6, 6.07) is 44.3. The van der Waals surface area contributed by atoms with Crippen LogP contribution in [-0.2, 0) is 0 Å². The van der Waals surface area contributed by atoms with Crippen LogP contribution < -0.4 is 0 Å². The van der Waals surface area contributed by atoms with E-state index in [4.69, 9.17) is 35.4 Å². The third kappa shape index (κ3) is 4.44. The third-order valence-electron chi connectivity index (χ3n) is 8.18. The highest BCUT2D eigenvalue weighted by molar-refractivity contribution is 6.30. The van der Waals surface area contributed by atoms with Gasteiger partial charge in [-0.15, -0.1) is 0 Å². The number of rotatable bonds is 4. The minimum atomic E-state index is 0.576. The van der Waals surface area contributed by atoms with E-state index in [9.17, 15) is 0 Å². The van der Waals surface area contributed by atoms with Gasteiger partial charge in [-0.05, 0) is 77.9 Å². The van der Waals surface area contributed by atoms with Crippen molar-refractivity contribution in [3.05, 3.63) is 138 Å².